The van der Waals surface area contributed by atoms with Crippen LogP contribution in [0.5, 0.6) is 0 Å². The average Bonchev–Trinajstić information content (AvgIpc) is 2.57. The number of benzene rings is 2. The van der Waals surface area contributed by atoms with Crippen LogP contribution >= 0.6 is 0 Å². The Morgan fingerprint density at radius 3 is 2.40 bits per heavy atom. The number of fused-ring (bicyclic) bond motifs is 1. The van der Waals surface area contributed by atoms with E-state index >= 15 is 0 Å². The van der Waals surface area contributed by atoms with E-state index < -0.39 is 0 Å². The zero-order valence-corrected chi connectivity index (χ0v) is 15.2. The van der Waals surface area contributed by atoms with Gasteiger partial charge in [0.25, 0.3) is 5.56 Å². The molecule has 0 N–H and O–H groups in total. The van der Waals surface area contributed by atoms with Gasteiger partial charge in [0.1, 0.15) is 5.52 Å². The van der Waals surface area contributed by atoms with Crippen molar-refractivity contribution < 1.29 is 0 Å². The van der Waals surface area contributed by atoms with Gasteiger partial charge >= 0.3 is 0 Å². The summed E-state index contributed by atoms with van der Waals surface area (Å²) in [5, 5.41) is 8.77. The Kier molecular flexibility index (Phi) is 4.68. The van der Waals surface area contributed by atoms with Crippen molar-refractivity contribution in [2.24, 2.45) is 0 Å². The van der Waals surface area contributed by atoms with E-state index in [-0.39, 0.29) is 11.0 Å². The second-order valence-electron chi connectivity index (χ2n) is 7.51. The Labute approximate surface area is 147 Å². The van der Waals surface area contributed by atoms with Crippen molar-refractivity contribution >= 4 is 10.9 Å². The number of nitrogens with zero attached hydrogens (tertiary/aromatic N) is 4. The normalized spacial score (nSPS) is 12.0. The first kappa shape index (κ1) is 17.3. The summed E-state index contributed by atoms with van der Waals surface area (Å²) < 4.78 is 1.41. The lowest BCUT2D eigenvalue weighted by Crippen LogP contribution is -2.32. The number of rotatable bonds is 4. The smallest absolute Gasteiger partial charge is 0.278 e. The van der Waals surface area contributed by atoms with Gasteiger partial charge in [-0.15, -0.1) is 5.10 Å². The van der Waals surface area contributed by atoms with Crippen LogP contribution in [-0.2, 0) is 18.6 Å². The quantitative estimate of drug-likeness (QED) is 0.734. The molecule has 0 saturated heterocycles. The molecule has 5 nitrogen and oxygen atoms in total. The Morgan fingerprint density at radius 1 is 1.04 bits per heavy atom. The highest BCUT2D eigenvalue weighted by Crippen LogP contribution is 2.22. The molecule has 25 heavy (non-hydrogen) atoms. The lowest BCUT2D eigenvalue weighted by molar-refractivity contribution is 0.236. The zero-order chi connectivity index (χ0) is 18.0. The molecule has 3 rings (SSSR count). The molecule has 0 aliphatic carbocycles. The first-order chi connectivity index (χ1) is 11.8. The monoisotopic (exact) mass is 336 g/mol. The van der Waals surface area contributed by atoms with Crippen molar-refractivity contribution in [2.45, 2.75) is 39.4 Å². The molecule has 0 amide bonds. The van der Waals surface area contributed by atoms with E-state index in [1.165, 1.54) is 15.8 Å². The van der Waals surface area contributed by atoms with Crippen LogP contribution < -0.4 is 5.56 Å². The summed E-state index contributed by atoms with van der Waals surface area (Å²) in [6.07, 6.45) is 0. The molecule has 130 valence electrons. The van der Waals surface area contributed by atoms with Gasteiger partial charge in [0, 0.05) is 6.54 Å². The second kappa shape index (κ2) is 6.76. The van der Waals surface area contributed by atoms with E-state index in [1.54, 1.807) is 12.1 Å². The molecule has 0 saturated carbocycles. The van der Waals surface area contributed by atoms with Gasteiger partial charge in [-0.2, -0.15) is 4.68 Å². The number of hydrogen-bond acceptors (Lipinski definition) is 4. The molecule has 1 heterocycles. The van der Waals surface area contributed by atoms with Gasteiger partial charge in [0.05, 0.1) is 12.1 Å². The van der Waals surface area contributed by atoms with Gasteiger partial charge in [-0.05, 0) is 35.7 Å². The molecule has 0 unspecified atom stereocenters. The lowest BCUT2D eigenvalue weighted by Gasteiger charge is -2.20. The lowest BCUT2D eigenvalue weighted by atomic mass is 9.87. The van der Waals surface area contributed by atoms with Gasteiger partial charge in [-0.3, -0.25) is 9.69 Å². The summed E-state index contributed by atoms with van der Waals surface area (Å²) in [6.45, 7) is 7.76. The van der Waals surface area contributed by atoms with E-state index in [4.69, 9.17) is 0 Å². The Bertz CT molecular complexity index is 923. The van der Waals surface area contributed by atoms with Crippen LogP contribution in [0, 0.1) is 0 Å². The first-order valence-corrected chi connectivity index (χ1v) is 8.45. The van der Waals surface area contributed by atoms with E-state index in [2.05, 4.69) is 60.2 Å². The predicted octanol–water partition coefficient (Wildman–Crippen LogP) is 3.18. The minimum absolute atomic E-state index is 0.111. The first-order valence-electron chi connectivity index (χ1n) is 8.45. The van der Waals surface area contributed by atoms with Crippen molar-refractivity contribution in [3.05, 3.63) is 70.0 Å². The van der Waals surface area contributed by atoms with Crippen molar-refractivity contribution in [3.63, 3.8) is 0 Å². The van der Waals surface area contributed by atoms with Crippen molar-refractivity contribution in [2.75, 3.05) is 7.05 Å². The van der Waals surface area contributed by atoms with Crippen LogP contribution in [0.3, 0.4) is 0 Å². The van der Waals surface area contributed by atoms with Gasteiger partial charge in [-0.25, -0.2) is 0 Å². The summed E-state index contributed by atoms with van der Waals surface area (Å²) in [7, 11) is 1.97. The van der Waals surface area contributed by atoms with Crippen LogP contribution in [0.2, 0.25) is 0 Å². The van der Waals surface area contributed by atoms with Crippen LogP contribution in [0.1, 0.15) is 31.9 Å². The molecule has 1 aromatic heterocycles. The summed E-state index contributed by atoms with van der Waals surface area (Å²) >= 11 is 0. The molecule has 0 radical (unpaired) electrons. The maximum absolute atomic E-state index is 12.5. The third-order valence-electron chi connectivity index (χ3n) is 4.28. The molecule has 0 aliphatic rings. The summed E-state index contributed by atoms with van der Waals surface area (Å²) in [5.41, 5.74) is 3.19. The topological polar surface area (TPSA) is 51.0 Å². The molecule has 2 aromatic carbocycles. The maximum Gasteiger partial charge on any atom is 0.278 e. The van der Waals surface area contributed by atoms with Gasteiger partial charge in [0.15, 0.2) is 0 Å². The SMILES string of the molecule is CN(Cc1ccc(C(C)(C)C)cc1)Cn1nnc2ccccc2c1=O. The van der Waals surface area contributed by atoms with Gasteiger partial charge in [-0.1, -0.05) is 62.4 Å². The minimum atomic E-state index is -0.111. The summed E-state index contributed by atoms with van der Waals surface area (Å²) in [4.78, 5) is 14.6. The molecular weight excluding hydrogens is 312 g/mol. The summed E-state index contributed by atoms with van der Waals surface area (Å²) in [6, 6.07) is 15.9. The molecular formula is C20H24N4O. The van der Waals surface area contributed by atoms with Crippen molar-refractivity contribution in [1.29, 1.82) is 0 Å². The molecule has 0 spiro atoms. The van der Waals surface area contributed by atoms with Crippen LogP contribution in [0.15, 0.2) is 53.3 Å². The van der Waals surface area contributed by atoms with Crippen LogP contribution in [0.4, 0.5) is 0 Å². The highest BCUT2D eigenvalue weighted by atomic mass is 16.1. The molecule has 0 atom stereocenters. The third-order valence-corrected chi connectivity index (χ3v) is 4.28. The second-order valence-corrected chi connectivity index (χ2v) is 7.51. The molecule has 0 aliphatic heterocycles. The standard InChI is InChI=1S/C20H24N4O/c1-20(2,3)16-11-9-15(10-12-16)13-23(4)14-24-19(25)17-7-5-6-8-18(17)21-22-24/h5-12H,13-14H2,1-4H3. The van der Waals surface area contributed by atoms with Gasteiger partial charge in [0.2, 0.25) is 0 Å². The average molecular weight is 336 g/mol. The van der Waals surface area contributed by atoms with E-state index in [0.29, 0.717) is 17.6 Å². The summed E-state index contributed by atoms with van der Waals surface area (Å²) in [5.74, 6) is 0. The maximum atomic E-state index is 12.5. The minimum Gasteiger partial charge on any atom is -0.283 e. The van der Waals surface area contributed by atoms with E-state index in [1.807, 2.05) is 19.2 Å². The third kappa shape index (κ3) is 3.94. The van der Waals surface area contributed by atoms with Crippen LogP contribution in [-0.4, -0.2) is 26.9 Å². The Morgan fingerprint density at radius 2 is 1.72 bits per heavy atom. The molecule has 0 bridgehead atoms. The molecule has 3 aromatic rings. The highest BCUT2D eigenvalue weighted by molar-refractivity contribution is 5.76. The fraction of sp³-hybridized carbons (Fsp3) is 0.350. The zero-order valence-electron chi connectivity index (χ0n) is 15.2. The Balaban J connectivity index is 1.73. The number of hydrogen-bond donors (Lipinski definition) is 0. The van der Waals surface area contributed by atoms with E-state index in [9.17, 15) is 4.79 Å². The van der Waals surface area contributed by atoms with Crippen LogP contribution in [0.25, 0.3) is 10.9 Å². The largest absolute Gasteiger partial charge is 0.283 e. The van der Waals surface area contributed by atoms with Gasteiger partial charge < -0.3 is 0 Å². The fourth-order valence-electron chi connectivity index (χ4n) is 2.82. The van der Waals surface area contributed by atoms with E-state index in [0.717, 1.165) is 6.54 Å². The fourth-order valence-corrected chi connectivity index (χ4v) is 2.82. The molecule has 5 heteroatoms. The number of aromatic nitrogens is 3. The predicted molar refractivity (Wildman–Crippen MR) is 100 cm³/mol. The highest BCUT2D eigenvalue weighted by Gasteiger charge is 2.13. The van der Waals surface area contributed by atoms with Crippen molar-refractivity contribution in [3.8, 4) is 0 Å². The van der Waals surface area contributed by atoms with Crippen molar-refractivity contribution in [1.82, 2.24) is 19.9 Å². The Hall–Kier alpha value is -2.53. The molecule has 0 fully saturated rings.